The van der Waals surface area contributed by atoms with Crippen LogP contribution in [0.25, 0.3) is 10.8 Å². The van der Waals surface area contributed by atoms with Crippen molar-refractivity contribution in [3.05, 3.63) is 57.9 Å². The number of hydrogen-bond donors (Lipinski definition) is 0. The molecule has 136 valence electrons. The Hall–Kier alpha value is -2.38. The van der Waals surface area contributed by atoms with E-state index in [9.17, 15) is 4.79 Å². The minimum absolute atomic E-state index is 0.277. The molecule has 7 heteroatoms. The molecular weight excluding hydrogens is 350 g/mol. The smallest absolute Gasteiger partial charge is 0.438 e. The van der Waals surface area contributed by atoms with Crippen LogP contribution in [0.3, 0.4) is 0 Å². The third-order valence-electron chi connectivity index (χ3n) is 4.59. The number of rotatable bonds is 6. The van der Waals surface area contributed by atoms with E-state index in [0.29, 0.717) is 19.2 Å². The van der Waals surface area contributed by atoms with E-state index in [1.165, 1.54) is 21.6 Å². The summed E-state index contributed by atoms with van der Waals surface area (Å²) in [6.45, 7) is 4.01. The van der Waals surface area contributed by atoms with Gasteiger partial charge in [-0.2, -0.15) is 4.68 Å². The summed E-state index contributed by atoms with van der Waals surface area (Å²) in [5, 5.41) is 6.31. The number of hydrogen-bond acceptors (Lipinski definition) is 6. The minimum atomic E-state index is -0.411. The molecule has 0 saturated carbocycles. The average molecular weight is 371 g/mol. The second kappa shape index (κ2) is 7.47. The molecule has 2 aromatic heterocycles. The maximum atomic E-state index is 12.2. The lowest BCUT2D eigenvalue weighted by Crippen LogP contribution is -2.31. The van der Waals surface area contributed by atoms with Crippen molar-refractivity contribution in [2.75, 3.05) is 13.2 Å². The van der Waals surface area contributed by atoms with Gasteiger partial charge >= 0.3 is 5.76 Å². The lowest BCUT2D eigenvalue weighted by atomic mass is 10.0. The largest absolute Gasteiger partial charge is 0.494 e. The second-order valence-electron chi connectivity index (χ2n) is 6.26. The molecule has 0 radical (unpaired) electrons. The van der Waals surface area contributed by atoms with Gasteiger partial charge in [-0.05, 0) is 48.9 Å². The Labute approximate surface area is 155 Å². The quantitative estimate of drug-likeness (QED) is 0.660. The summed E-state index contributed by atoms with van der Waals surface area (Å²) in [6.07, 6.45) is 2.17. The van der Waals surface area contributed by atoms with Crippen molar-refractivity contribution < 1.29 is 9.15 Å². The standard InChI is InChI=1S/C19H21N3O3S/c1-2-24-15-9-7-14(8-10-15)16-5-3-11-21(16)13-22-19(23)25-18(20-22)17-6-4-12-26-17/h4,6-10,12,16H,2-3,5,11,13H2,1H3. The van der Waals surface area contributed by atoms with Crippen LogP contribution in [0.5, 0.6) is 5.75 Å². The first kappa shape index (κ1) is 17.1. The highest BCUT2D eigenvalue weighted by molar-refractivity contribution is 7.13. The molecule has 1 saturated heterocycles. The van der Waals surface area contributed by atoms with Gasteiger partial charge in [0.05, 0.1) is 11.5 Å². The topological polar surface area (TPSA) is 60.5 Å². The molecule has 0 amide bonds. The van der Waals surface area contributed by atoms with Crippen LogP contribution >= 0.6 is 11.3 Å². The van der Waals surface area contributed by atoms with Gasteiger partial charge in [-0.15, -0.1) is 16.4 Å². The van der Waals surface area contributed by atoms with Crippen LogP contribution in [0.2, 0.25) is 0 Å². The van der Waals surface area contributed by atoms with Gasteiger partial charge in [-0.1, -0.05) is 18.2 Å². The second-order valence-corrected chi connectivity index (χ2v) is 7.21. The lowest BCUT2D eigenvalue weighted by molar-refractivity contribution is 0.185. The van der Waals surface area contributed by atoms with Crippen LogP contribution in [0.1, 0.15) is 31.4 Å². The van der Waals surface area contributed by atoms with Crippen molar-refractivity contribution in [1.29, 1.82) is 0 Å². The molecule has 3 aromatic rings. The van der Waals surface area contributed by atoms with Gasteiger partial charge in [-0.25, -0.2) is 4.79 Å². The molecule has 4 rings (SSSR count). The van der Waals surface area contributed by atoms with Crippen LogP contribution in [0.15, 0.2) is 51.0 Å². The maximum absolute atomic E-state index is 12.2. The van der Waals surface area contributed by atoms with Gasteiger partial charge in [0, 0.05) is 12.6 Å². The molecule has 1 atom stereocenters. The summed E-state index contributed by atoms with van der Waals surface area (Å²) < 4.78 is 12.3. The normalized spacial score (nSPS) is 17.7. The number of thiophene rings is 1. The Kier molecular flexibility index (Phi) is 4.90. The molecular formula is C19H21N3O3S. The van der Waals surface area contributed by atoms with Gasteiger partial charge < -0.3 is 9.15 Å². The first-order valence-electron chi connectivity index (χ1n) is 8.83. The summed E-state index contributed by atoms with van der Waals surface area (Å²) in [4.78, 5) is 15.3. The van der Waals surface area contributed by atoms with Crippen LogP contribution in [-0.2, 0) is 6.67 Å². The number of benzene rings is 1. The third kappa shape index (κ3) is 3.45. The predicted octanol–water partition coefficient (Wildman–Crippen LogP) is 3.76. The van der Waals surface area contributed by atoms with Gasteiger partial charge in [0.15, 0.2) is 0 Å². The van der Waals surface area contributed by atoms with Gasteiger partial charge in [-0.3, -0.25) is 4.90 Å². The average Bonchev–Trinajstić information content (AvgIpc) is 3.38. The summed E-state index contributed by atoms with van der Waals surface area (Å²) in [7, 11) is 0. The van der Waals surface area contributed by atoms with Gasteiger partial charge in [0.1, 0.15) is 12.4 Å². The van der Waals surface area contributed by atoms with E-state index in [1.54, 1.807) is 0 Å². The van der Waals surface area contributed by atoms with Crippen LogP contribution in [-0.4, -0.2) is 27.8 Å². The first-order valence-corrected chi connectivity index (χ1v) is 9.71. The van der Waals surface area contributed by atoms with Crippen LogP contribution < -0.4 is 10.5 Å². The summed E-state index contributed by atoms with van der Waals surface area (Å²) >= 11 is 1.51. The minimum Gasteiger partial charge on any atom is -0.494 e. The van der Waals surface area contributed by atoms with E-state index in [4.69, 9.17) is 9.15 Å². The Morgan fingerprint density at radius 2 is 2.15 bits per heavy atom. The van der Waals surface area contributed by atoms with Crippen molar-refractivity contribution in [2.45, 2.75) is 32.5 Å². The Bertz CT molecular complexity index is 899. The first-order chi connectivity index (χ1) is 12.7. The molecule has 6 nitrogen and oxygen atoms in total. The van der Waals surface area contributed by atoms with Crippen molar-refractivity contribution in [3.63, 3.8) is 0 Å². The van der Waals surface area contributed by atoms with Crippen molar-refractivity contribution in [2.24, 2.45) is 0 Å². The highest BCUT2D eigenvalue weighted by atomic mass is 32.1. The fraction of sp³-hybridized carbons (Fsp3) is 0.368. The van der Waals surface area contributed by atoms with Crippen LogP contribution in [0.4, 0.5) is 0 Å². The number of likely N-dealkylation sites (tertiary alicyclic amines) is 1. The number of aromatic nitrogens is 2. The number of nitrogens with zero attached hydrogens (tertiary/aromatic N) is 3. The lowest BCUT2D eigenvalue weighted by Gasteiger charge is -2.24. The fourth-order valence-electron chi connectivity index (χ4n) is 3.39. The molecule has 3 heterocycles. The molecule has 1 aromatic carbocycles. The summed E-state index contributed by atoms with van der Waals surface area (Å²) in [5.41, 5.74) is 1.24. The summed E-state index contributed by atoms with van der Waals surface area (Å²) in [6, 6.07) is 12.3. The van der Waals surface area contributed by atoms with E-state index in [-0.39, 0.29) is 6.04 Å². The Morgan fingerprint density at radius 3 is 2.88 bits per heavy atom. The van der Waals surface area contributed by atoms with E-state index in [0.717, 1.165) is 30.0 Å². The SMILES string of the molecule is CCOc1ccc(C2CCCN2Cn2nc(-c3cccs3)oc2=O)cc1. The van der Waals surface area contributed by atoms with Crippen molar-refractivity contribution >= 4 is 11.3 Å². The van der Waals surface area contributed by atoms with Crippen molar-refractivity contribution in [3.8, 4) is 16.5 Å². The molecule has 0 bridgehead atoms. The summed E-state index contributed by atoms with van der Waals surface area (Å²) in [5.74, 6) is 0.863. The zero-order valence-corrected chi connectivity index (χ0v) is 15.4. The van der Waals surface area contributed by atoms with E-state index >= 15 is 0 Å². The Morgan fingerprint density at radius 1 is 1.31 bits per heavy atom. The highest BCUT2D eigenvalue weighted by Crippen LogP contribution is 2.33. The molecule has 1 unspecified atom stereocenters. The van der Waals surface area contributed by atoms with Crippen LogP contribution in [0, 0.1) is 0 Å². The fourth-order valence-corrected chi connectivity index (χ4v) is 4.04. The van der Waals surface area contributed by atoms with Crippen molar-refractivity contribution in [1.82, 2.24) is 14.7 Å². The predicted molar refractivity (Wildman–Crippen MR) is 100 cm³/mol. The maximum Gasteiger partial charge on any atom is 0.438 e. The molecule has 0 aliphatic carbocycles. The molecule has 0 spiro atoms. The number of ether oxygens (including phenoxy) is 1. The third-order valence-corrected chi connectivity index (χ3v) is 5.45. The zero-order valence-electron chi connectivity index (χ0n) is 14.6. The zero-order chi connectivity index (χ0) is 17.9. The van der Waals surface area contributed by atoms with E-state index in [2.05, 4.69) is 22.1 Å². The monoisotopic (exact) mass is 371 g/mol. The van der Waals surface area contributed by atoms with E-state index in [1.807, 2.05) is 36.6 Å². The molecule has 1 aliphatic rings. The van der Waals surface area contributed by atoms with Gasteiger partial charge in [0.25, 0.3) is 5.89 Å². The highest BCUT2D eigenvalue weighted by Gasteiger charge is 2.27. The molecule has 1 aliphatic heterocycles. The molecule has 1 fully saturated rings. The molecule has 0 N–H and O–H groups in total. The van der Waals surface area contributed by atoms with Gasteiger partial charge in [0.2, 0.25) is 0 Å². The molecule has 26 heavy (non-hydrogen) atoms. The van der Waals surface area contributed by atoms with E-state index < -0.39 is 5.76 Å². The Balaban J connectivity index is 1.51.